The van der Waals surface area contributed by atoms with Crippen LogP contribution in [0.1, 0.15) is 359 Å². The number of unbranched alkanes of at least 4 members (excludes halogenated alkanes) is 2. The van der Waals surface area contributed by atoms with Gasteiger partial charge in [0, 0.05) is 102 Å². The van der Waals surface area contributed by atoms with E-state index in [2.05, 4.69) is 183 Å². The minimum atomic E-state index is -1.16. The van der Waals surface area contributed by atoms with Crippen molar-refractivity contribution in [3.63, 3.8) is 0 Å². The molecule has 0 bridgehead atoms. The predicted octanol–water partition coefficient (Wildman–Crippen LogP) is 20.9. The summed E-state index contributed by atoms with van der Waals surface area (Å²) in [5.41, 5.74) is 10.8. The lowest BCUT2D eigenvalue weighted by Crippen LogP contribution is -2.49. The van der Waals surface area contributed by atoms with Crippen molar-refractivity contribution in [3.8, 4) is 0 Å². The Labute approximate surface area is 926 Å². The molecule has 5 amide bonds. The lowest BCUT2D eigenvalue weighted by molar-refractivity contribution is -0.139. The van der Waals surface area contributed by atoms with Gasteiger partial charge in [-0.3, -0.25) is 67.1 Å². The Morgan fingerprint density at radius 1 is 0.408 bits per heavy atom. The van der Waals surface area contributed by atoms with Crippen LogP contribution in [0.5, 0.6) is 0 Å². The fraction of sp³-hybridized carbons (Fsp3) is 0.835. The van der Waals surface area contributed by atoms with E-state index in [1.807, 2.05) is 78.9 Å². The van der Waals surface area contributed by atoms with Crippen LogP contribution in [0, 0.1) is 5.92 Å². The molecular formula is C103H197N7O18S14. The Bertz CT molecular complexity index is 3500. The molecule has 1 saturated heterocycles. The van der Waals surface area contributed by atoms with E-state index in [4.69, 9.17) is 16.6 Å². The summed E-state index contributed by atoms with van der Waals surface area (Å²) in [6, 6.07) is -3.42. The molecule has 836 valence electrons. The first-order valence-electron chi connectivity index (χ1n) is 49.8. The molecule has 9 N–H and O–H groups in total. The van der Waals surface area contributed by atoms with Crippen LogP contribution >= 0.6 is 168 Å². The summed E-state index contributed by atoms with van der Waals surface area (Å²) in [4.78, 5) is 192. The molecule has 39 heteroatoms. The van der Waals surface area contributed by atoms with E-state index in [9.17, 15) is 81.5 Å². The Kier molecular flexibility index (Phi) is 105. The normalized spacial score (nSPS) is 14.2. The number of thiol groups is 4. The first kappa shape index (κ1) is 158. The second-order valence-corrected chi connectivity index (χ2v) is 58.7. The lowest BCUT2D eigenvalue weighted by atomic mass is 10.1. The molecular weight excluding hydrogens is 2070 g/mol. The molecule has 0 aliphatic carbocycles. The third-order valence-corrected chi connectivity index (χ3v) is 32.7. The van der Waals surface area contributed by atoms with Gasteiger partial charge in [-0.25, -0.2) is 0 Å². The highest BCUT2D eigenvalue weighted by Gasteiger charge is 2.35. The first-order valence-corrected chi connectivity index (χ1v) is 62.1. The van der Waals surface area contributed by atoms with Crippen LogP contribution in [0.4, 0.5) is 0 Å². The van der Waals surface area contributed by atoms with Gasteiger partial charge in [0.15, 0.2) is 28.9 Å². The number of nitrogens with one attached hydrogen (secondary N) is 4. The molecule has 1 aliphatic rings. The van der Waals surface area contributed by atoms with Crippen molar-refractivity contribution in [2.24, 2.45) is 17.4 Å². The standard InChI is InChI=1S/C15H26N2O5S.C13H23NO2S.2C12H24OS2.2C11H21NO2S2.C9H17NO2S.C7H15NOS.C7H14OS.C6H12OS/c1-9(2)23-8-12(13(19)6-4-10(3)18)17-14(20)7-5-11(16)15(21)22;1-9(2)17-8-10(3)13(16)14-7-5-6-12(14)11(4)15;1-10(2)15-9-8-12(14)7-5-4-6-11(3)13;1-10(2)15-12(8-9-14)7-5-4-6-11(3)13;1-7(2)16-6-9(8(3)13)12-10(14)11(4,5)15;1-7(2)16-11(4,5)10(14)12-9(6-15)8(3)13;1-6(2)13-5-9(7(3)11)10-8(4)12;1-5(2)10-4-7(8)6(3)9;1-5(2)9-7(4)6(3)8;1-5(2)8-4-6(3)7/h9,11-12H,4-8,16H2,1-3H3,(H,17,20)(H,21,22);9-10,12H,5-8H2,1-4H3;2*10,12,14H,4-9H2,1-3H3;2*7,9,15H,6H2,1-5H3,(H,12,14);6,9H,5H2,1-4H3,(H,10,12);5,7H,4,8H2,1-3H3;5,7H,1-4H3;5H,4H2,1-3H3. The number of nitrogens with two attached hydrogens (primary N) is 2. The van der Waals surface area contributed by atoms with E-state index in [1.165, 1.54) is 84.7 Å². The summed E-state index contributed by atoms with van der Waals surface area (Å²) in [5, 5.41) is 26.1. The zero-order valence-corrected chi connectivity index (χ0v) is 106. The average Bonchev–Trinajstić information content (AvgIpc) is 1.59. The smallest absolute Gasteiger partial charge is 0.320 e. The van der Waals surface area contributed by atoms with E-state index in [0.29, 0.717) is 92.8 Å². The van der Waals surface area contributed by atoms with Gasteiger partial charge in [-0.2, -0.15) is 145 Å². The first-order chi connectivity index (χ1) is 65.1. The quantitative estimate of drug-likeness (QED) is 0.0199. The molecule has 142 heavy (non-hydrogen) atoms. The highest BCUT2D eigenvalue weighted by Crippen LogP contribution is 2.31. The second-order valence-electron chi connectivity index (χ2n) is 38.7. The summed E-state index contributed by atoms with van der Waals surface area (Å²) >= 11 is 34.5. The highest BCUT2D eigenvalue weighted by atomic mass is 32.2. The van der Waals surface area contributed by atoms with Gasteiger partial charge in [0.05, 0.1) is 56.7 Å². The molecule has 1 aliphatic heterocycles. The molecule has 0 aromatic carbocycles. The molecule has 0 radical (unpaired) electrons. The van der Waals surface area contributed by atoms with Crippen molar-refractivity contribution in [2.75, 3.05) is 58.3 Å². The van der Waals surface area contributed by atoms with Gasteiger partial charge in [-0.1, -0.05) is 158 Å². The van der Waals surface area contributed by atoms with Gasteiger partial charge in [0.25, 0.3) is 0 Å². The van der Waals surface area contributed by atoms with Crippen molar-refractivity contribution in [1.29, 1.82) is 0 Å². The molecule has 11 atom stereocenters. The number of Topliss-reactive ketones (excluding diaryl/α,β-unsaturated/α-hetero) is 11. The van der Waals surface area contributed by atoms with E-state index in [-0.39, 0.29) is 131 Å². The number of aliphatic carboxylic acids is 1. The minimum Gasteiger partial charge on any atom is -0.480 e. The molecule has 0 spiro atoms. The molecule has 25 nitrogen and oxygen atoms in total. The fourth-order valence-corrected chi connectivity index (χ4v) is 21.6. The SMILES string of the molecule is CC(=O)C(C)SC(C)C.CC(=O)C(CS)NC(=O)C(C)(C)SC(C)C.CC(=O)C(CSC(C)C)NC(=O)C(C)(C)S.CC(=O)C(N)CSC(C)C.CC(=O)C1CCCN1C(=O)C(C)CSC(C)C.CC(=O)CCC(=O)C(CSC(C)C)NC(=O)CCC(N)C(=O)O.CC(=O)CCCCC(CCS)SC(C)C.CC(=O)CCCCC(S)CCSC(C)C.CC(=O)CSC(C)C.CC(=O)NC(CSC(C)C)C(C)=O. The zero-order chi connectivity index (χ0) is 113. The molecule has 0 saturated carbocycles. The zero-order valence-electron chi connectivity index (χ0n) is 93.9. The maximum Gasteiger partial charge on any atom is 0.320 e. The number of carboxylic acids is 1. The van der Waals surface area contributed by atoms with Gasteiger partial charge in [0.1, 0.15) is 40.7 Å². The fourth-order valence-electron chi connectivity index (χ4n) is 10.8. The molecule has 1 heterocycles. The maximum absolute atomic E-state index is 12.2. The van der Waals surface area contributed by atoms with Crippen LogP contribution in [0.15, 0.2) is 0 Å². The number of hydrogen-bond donors (Lipinski definition) is 11. The number of carbonyl (C=O) groups is 17. The summed E-state index contributed by atoms with van der Waals surface area (Å²) in [6.07, 6.45) is 12.6. The number of carbonyl (C=O) groups excluding carboxylic acids is 16. The maximum atomic E-state index is 12.2. The number of rotatable bonds is 62. The molecule has 1 rings (SSSR count). The van der Waals surface area contributed by atoms with Crippen molar-refractivity contribution in [1.82, 2.24) is 26.2 Å². The van der Waals surface area contributed by atoms with Crippen LogP contribution in [-0.4, -0.2) is 287 Å². The highest BCUT2D eigenvalue weighted by molar-refractivity contribution is 8.02. The van der Waals surface area contributed by atoms with E-state index < -0.39 is 45.5 Å². The Morgan fingerprint density at radius 2 is 0.824 bits per heavy atom. The van der Waals surface area contributed by atoms with Crippen LogP contribution in [-0.2, 0) is 81.5 Å². The van der Waals surface area contributed by atoms with Crippen molar-refractivity contribution in [3.05, 3.63) is 0 Å². The Balaban J connectivity index is -0.000000200. The molecule has 11 unspecified atom stereocenters. The number of thioether (sulfide) groups is 10. The number of nitrogens with zero attached hydrogens (tertiary/aromatic N) is 1. The summed E-state index contributed by atoms with van der Waals surface area (Å²) < 4.78 is -1.28. The van der Waals surface area contributed by atoms with Crippen LogP contribution in [0.2, 0.25) is 0 Å². The van der Waals surface area contributed by atoms with Gasteiger partial charge in [0.2, 0.25) is 29.5 Å². The lowest BCUT2D eigenvalue weighted by Gasteiger charge is -2.27. The van der Waals surface area contributed by atoms with Gasteiger partial charge in [-0.05, 0) is 220 Å². The largest absolute Gasteiger partial charge is 0.480 e. The number of ketones is 11. The van der Waals surface area contributed by atoms with Crippen LogP contribution < -0.4 is 32.7 Å². The monoisotopic (exact) mass is 2270 g/mol. The van der Waals surface area contributed by atoms with Gasteiger partial charge < -0.3 is 57.1 Å². The third-order valence-electron chi connectivity index (χ3n) is 18.9. The van der Waals surface area contributed by atoms with E-state index >= 15 is 0 Å². The third kappa shape index (κ3) is 109. The molecule has 1 fully saturated rings. The number of hydrogen-bond acceptors (Lipinski definition) is 33. The summed E-state index contributed by atoms with van der Waals surface area (Å²) in [6.45, 7) is 70.9. The Morgan fingerprint density at radius 3 is 1.17 bits per heavy atom. The Hall–Kier alpha value is -1.99. The second kappa shape index (κ2) is 94.9. The average molecular weight is 2270 g/mol. The number of amides is 5. The van der Waals surface area contributed by atoms with Crippen LogP contribution in [0.3, 0.4) is 0 Å². The van der Waals surface area contributed by atoms with E-state index in [1.54, 1.807) is 136 Å². The van der Waals surface area contributed by atoms with Gasteiger partial charge in [-0.15, -0.1) is 23.5 Å². The van der Waals surface area contributed by atoms with Crippen molar-refractivity contribution < 1.29 is 86.6 Å². The molecule has 0 aromatic rings. The topological polar surface area (TPSA) is 414 Å². The van der Waals surface area contributed by atoms with E-state index in [0.717, 1.165) is 85.7 Å². The van der Waals surface area contributed by atoms with Crippen molar-refractivity contribution >= 4 is 267 Å². The summed E-state index contributed by atoms with van der Waals surface area (Å²) in [5.74, 6) is 5.62. The van der Waals surface area contributed by atoms with Gasteiger partial charge >= 0.3 is 5.97 Å². The van der Waals surface area contributed by atoms with Crippen LogP contribution in [0.25, 0.3) is 0 Å². The summed E-state index contributed by atoms with van der Waals surface area (Å²) in [7, 11) is 0. The number of likely N-dealkylation sites (tertiary alicyclic amines) is 1. The minimum absolute atomic E-state index is 0.00679. The molecule has 0 aromatic heterocycles. The number of carboxylic acid groups (broad SMARTS) is 1. The van der Waals surface area contributed by atoms with Crippen molar-refractivity contribution in [2.45, 2.75) is 479 Å². The predicted molar refractivity (Wildman–Crippen MR) is 640 cm³/mol.